The lowest BCUT2D eigenvalue weighted by molar-refractivity contribution is 0.821. The van der Waals surface area contributed by atoms with Crippen molar-refractivity contribution in [1.29, 1.82) is 0 Å². The van der Waals surface area contributed by atoms with Crippen LogP contribution in [-0.2, 0) is 0 Å². The highest BCUT2D eigenvalue weighted by Gasteiger charge is 2.45. The molecule has 1 aromatic rings. The molecule has 1 heterocycles. The molecule has 1 saturated carbocycles. The van der Waals surface area contributed by atoms with Crippen molar-refractivity contribution >= 4 is 23.0 Å². The summed E-state index contributed by atoms with van der Waals surface area (Å²) >= 11 is 6.15. The van der Waals surface area contributed by atoms with Crippen molar-refractivity contribution in [1.82, 2.24) is 0 Å². The number of nitrogens with two attached hydrogens (primary N) is 1. The molecule has 3 heteroatoms. The Kier molecular flexibility index (Phi) is 1.68. The van der Waals surface area contributed by atoms with Crippen molar-refractivity contribution in [2.45, 2.75) is 6.42 Å². The third-order valence-electron chi connectivity index (χ3n) is 3.31. The van der Waals surface area contributed by atoms with Gasteiger partial charge in [-0.05, 0) is 30.4 Å². The van der Waals surface area contributed by atoms with E-state index >= 15 is 0 Å². The van der Waals surface area contributed by atoms with E-state index < -0.39 is 0 Å². The van der Waals surface area contributed by atoms with Crippen molar-refractivity contribution < 1.29 is 0 Å². The molecule has 1 saturated heterocycles. The van der Waals surface area contributed by atoms with Crippen LogP contribution in [0.5, 0.6) is 0 Å². The molecule has 74 valence electrons. The summed E-state index contributed by atoms with van der Waals surface area (Å²) < 4.78 is 0. The maximum atomic E-state index is 6.15. The Hall–Kier alpha value is -0.890. The molecule has 2 unspecified atom stereocenters. The zero-order valence-electron chi connectivity index (χ0n) is 7.91. The number of benzene rings is 1. The average molecular weight is 209 g/mol. The molecule has 0 bridgehead atoms. The second-order valence-corrected chi connectivity index (χ2v) is 4.75. The number of nitrogen functional groups attached to an aromatic ring is 1. The summed E-state index contributed by atoms with van der Waals surface area (Å²) in [5.41, 5.74) is 7.78. The molecule has 0 aromatic heterocycles. The van der Waals surface area contributed by atoms with Gasteiger partial charge in [0.05, 0.1) is 16.4 Å². The highest BCUT2D eigenvalue weighted by Crippen LogP contribution is 2.48. The second kappa shape index (κ2) is 2.80. The Balaban J connectivity index is 1.95. The van der Waals surface area contributed by atoms with Crippen LogP contribution in [0, 0.1) is 11.8 Å². The van der Waals surface area contributed by atoms with Gasteiger partial charge in [-0.1, -0.05) is 17.7 Å². The minimum Gasteiger partial charge on any atom is -0.397 e. The van der Waals surface area contributed by atoms with E-state index in [0.717, 1.165) is 41.3 Å². The molecule has 0 amide bonds. The van der Waals surface area contributed by atoms with E-state index in [0.29, 0.717) is 0 Å². The predicted octanol–water partition coefficient (Wildman–Crippen LogP) is 2.38. The summed E-state index contributed by atoms with van der Waals surface area (Å²) in [5, 5.41) is 0.784. The first-order chi connectivity index (χ1) is 6.75. The summed E-state index contributed by atoms with van der Waals surface area (Å²) in [6.07, 6.45) is 1.40. The topological polar surface area (TPSA) is 29.3 Å². The number of halogens is 1. The number of rotatable bonds is 1. The first-order valence-electron chi connectivity index (χ1n) is 5.04. The van der Waals surface area contributed by atoms with E-state index in [1.165, 1.54) is 6.42 Å². The fraction of sp³-hybridized carbons (Fsp3) is 0.455. The summed E-state index contributed by atoms with van der Waals surface area (Å²) in [5.74, 6) is 1.82. The van der Waals surface area contributed by atoms with Gasteiger partial charge in [-0.15, -0.1) is 0 Å². The fourth-order valence-corrected chi connectivity index (χ4v) is 2.75. The molecule has 2 fully saturated rings. The zero-order valence-corrected chi connectivity index (χ0v) is 8.67. The van der Waals surface area contributed by atoms with Gasteiger partial charge in [-0.3, -0.25) is 0 Å². The third kappa shape index (κ3) is 1.17. The van der Waals surface area contributed by atoms with Crippen LogP contribution in [0.4, 0.5) is 11.4 Å². The number of hydrogen-bond acceptors (Lipinski definition) is 2. The van der Waals surface area contributed by atoms with E-state index in [-0.39, 0.29) is 0 Å². The van der Waals surface area contributed by atoms with Crippen LogP contribution in [0.25, 0.3) is 0 Å². The van der Waals surface area contributed by atoms with E-state index in [9.17, 15) is 0 Å². The highest BCUT2D eigenvalue weighted by molar-refractivity contribution is 6.34. The summed E-state index contributed by atoms with van der Waals surface area (Å²) in [6, 6.07) is 5.74. The number of fused-ring (bicyclic) bond motifs is 1. The van der Waals surface area contributed by atoms with E-state index in [2.05, 4.69) is 4.90 Å². The van der Waals surface area contributed by atoms with Crippen molar-refractivity contribution in [2.75, 3.05) is 23.7 Å². The van der Waals surface area contributed by atoms with E-state index in [4.69, 9.17) is 17.3 Å². The first kappa shape index (κ1) is 8.42. The third-order valence-corrected chi connectivity index (χ3v) is 3.62. The summed E-state index contributed by atoms with van der Waals surface area (Å²) in [4.78, 5) is 2.33. The van der Waals surface area contributed by atoms with Gasteiger partial charge in [0.1, 0.15) is 0 Å². The van der Waals surface area contributed by atoms with Crippen molar-refractivity contribution in [3.05, 3.63) is 23.2 Å². The predicted molar refractivity (Wildman–Crippen MR) is 59.7 cm³/mol. The first-order valence-corrected chi connectivity index (χ1v) is 5.42. The van der Waals surface area contributed by atoms with Crippen LogP contribution in [0.3, 0.4) is 0 Å². The summed E-state index contributed by atoms with van der Waals surface area (Å²) in [7, 11) is 0. The van der Waals surface area contributed by atoms with Gasteiger partial charge >= 0.3 is 0 Å². The second-order valence-electron chi connectivity index (χ2n) is 4.34. The lowest BCUT2D eigenvalue weighted by Gasteiger charge is -2.23. The smallest absolute Gasteiger partial charge is 0.0789 e. The van der Waals surface area contributed by atoms with Crippen LogP contribution < -0.4 is 10.6 Å². The Bertz CT molecular complexity index is 347. The lowest BCUT2D eigenvalue weighted by Crippen LogP contribution is -2.23. The van der Waals surface area contributed by atoms with Crippen LogP contribution in [0.1, 0.15) is 6.42 Å². The Morgan fingerprint density at radius 2 is 2.00 bits per heavy atom. The van der Waals surface area contributed by atoms with Gasteiger partial charge < -0.3 is 10.6 Å². The standard InChI is InChI=1S/C11H13ClN2/c12-9-2-1-3-10(13)11(9)14-5-7-4-8(7)6-14/h1-3,7-8H,4-6,13H2. The molecular weight excluding hydrogens is 196 g/mol. The monoisotopic (exact) mass is 208 g/mol. The number of para-hydroxylation sites is 1. The van der Waals surface area contributed by atoms with Gasteiger partial charge in [-0.2, -0.15) is 0 Å². The zero-order chi connectivity index (χ0) is 9.71. The number of anilines is 2. The molecule has 1 aliphatic heterocycles. The van der Waals surface area contributed by atoms with E-state index in [1.54, 1.807) is 0 Å². The van der Waals surface area contributed by atoms with E-state index in [1.807, 2.05) is 18.2 Å². The van der Waals surface area contributed by atoms with Gasteiger partial charge in [0.2, 0.25) is 0 Å². The highest BCUT2D eigenvalue weighted by atomic mass is 35.5. The fourth-order valence-electron chi connectivity index (χ4n) is 2.45. The maximum Gasteiger partial charge on any atom is 0.0789 e. The minimum atomic E-state index is 0.784. The van der Waals surface area contributed by atoms with Gasteiger partial charge in [0, 0.05) is 13.1 Å². The van der Waals surface area contributed by atoms with Crippen LogP contribution in [0.15, 0.2) is 18.2 Å². The molecule has 1 aromatic carbocycles. The van der Waals surface area contributed by atoms with Crippen molar-refractivity contribution in [3.8, 4) is 0 Å². The Morgan fingerprint density at radius 3 is 2.64 bits per heavy atom. The summed E-state index contributed by atoms with van der Waals surface area (Å²) in [6.45, 7) is 2.28. The quantitative estimate of drug-likeness (QED) is 0.719. The number of hydrogen-bond donors (Lipinski definition) is 1. The van der Waals surface area contributed by atoms with Crippen LogP contribution in [-0.4, -0.2) is 13.1 Å². The van der Waals surface area contributed by atoms with Gasteiger partial charge in [0.25, 0.3) is 0 Å². The largest absolute Gasteiger partial charge is 0.397 e. The molecule has 14 heavy (non-hydrogen) atoms. The molecule has 0 radical (unpaired) electrons. The average Bonchev–Trinajstić information content (AvgIpc) is 2.74. The molecule has 0 spiro atoms. The Labute approximate surface area is 88.6 Å². The van der Waals surface area contributed by atoms with Crippen molar-refractivity contribution in [3.63, 3.8) is 0 Å². The normalized spacial score (nSPS) is 29.1. The van der Waals surface area contributed by atoms with Gasteiger partial charge in [-0.25, -0.2) is 0 Å². The van der Waals surface area contributed by atoms with Crippen LogP contribution >= 0.6 is 11.6 Å². The molecule has 2 N–H and O–H groups in total. The van der Waals surface area contributed by atoms with Crippen molar-refractivity contribution in [2.24, 2.45) is 11.8 Å². The molecular formula is C11H13ClN2. The Morgan fingerprint density at radius 1 is 1.29 bits per heavy atom. The molecule has 2 nitrogen and oxygen atoms in total. The lowest BCUT2D eigenvalue weighted by atomic mass is 10.2. The maximum absolute atomic E-state index is 6.15. The van der Waals surface area contributed by atoms with Gasteiger partial charge in [0.15, 0.2) is 0 Å². The number of nitrogens with zero attached hydrogens (tertiary/aromatic N) is 1. The SMILES string of the molecule is Nc1cccc(Cl)c1N1CC2CC2C1. The molecule has 3 rings (SSSR count). The molecule has 2 aliphatic rings. The molecule has 1 aliphatic carbocycles. The number of piperidine rings is 1. The van der Waals surface area contributed by atoms with Crippen LogP contribution in [0.2, 0.25) is 5.02 Å². The molecule has 2 atom stereocenters. The minimum absolute atomic E-state index is 0.784.